The van der Waals surface area contributed by atoms with Gasteiger partial charge in [-0.15, -0.1) is 22.7 Å². The molecule has 4 aromatic rings. The molecule has 0 fully saturated rings. The first kappa shape index (κ1) is 16.9. The molecule has 0 unspecified atom stereocenters. The minimum absolute atomic E-state index is 0.137. The zero-order valence-electron chi connectivity index (χ0n) is 13.1. The van der Waals surface area contributed by atoms with Crippen molar-refractivity contribution in [3.05, 3.63) is 63.8 Å². The highest BCUT2D eigenvalue weighted by atomic mass is 35.5. The maximum Gasteiger partial charge on any atom is 0.358 e. The van der Waals surface area contributed by atoms with E-state index in [4.69, 9.17) is 20.9 Å². The predicted octanol–water partition coefficient (Wildman–Crippen LogP) is 4.93. The Morgan fingerprint density at radius 1 is 1.15 bits per heavy atom. The molecule has 9 heteroatoms. The van der Waals surface area contributed by atoms with Crippen LogP contribution in [-0.2, 0) is 11.3 Å². The first-order valence-corrected chi connectivity index (χ1v) is 9.58. The van der Waals surface area contributed by atoms with Gasteiger partial charge in [-0.25, -0.2) is 9.78 Å². The molecule has 26 heavy (non-hydrogen) atoms. The number of ether oxygens (including phenoxy) is 1. The number of carbonyl (C=O) groups excluding carboxylic acids is 1. The molecule has 0 aliphatic carbocycles. The summed E-state index contributed by atoms with van der Waals surface area (Å²) in [6.07, 6.45) is 0. The van der Waals surface area contributed by atoms with E-state index >= 15 is 0 Å². The molecule has 0 atom stereocenters. The molecule has 0 spiro atoms. The summed E-state index contributed by atoms with van der Waals surface area (Å²) >= 11 is 9.06. The van der Waals surface area contributed by atoms with Crippen LogP contribution < -0.4 is 0 Å². The van der Waals surface area contributed by atoms with Gasteiger partial charge in [0.15, 0.2) is 12.3 Å². The highest BCUT2D eigenvalue weighted by Gasteiger charge is 2.16. The van der Waals surface area contributed by atoms with E-state index in [1.54, 1.807) is 28.8 Å². The summed E-state index contributed by atoms with van der Waals surface area (Å²) in [5, 5.41) is 8.79. The van der Waals surface area contributed by atoms with Gasteiger partial charge in [0.2, 0.25) is 5.82 Å². The van der Waals surface area contributed by atoms with Gasteiger partial charge in [0, 0.05) is 10.9 Å². The molecule has 3 aromatic heterocycles. The lowest BCUT2D eigenvalue weighted by Gasteiger charge is -1.98. The molecule has 0 saturated heterocycles. The molecule has 0 radical (unpaired) electrons. The fourth-order valence-electron chi connectivity index (χ4n) is 2.15. The van der Waals surface area contributed by atoms with E-state index in [1.807, 2.05) is 29.6 Å². The highest BCUT2D eigenvalue weighted by Crippen LogP contribution is 2.28. The summed E-state index contributed by atoms with van der Waals surface area (Å²) in [4.78, 5) is 21.7. The number of esters is 1. The second-order valence-electron chi connectivity index (χ2n) is 5.08. The number of nitrogens with zero attached hydrogens (tertiary/aromatic N) is 3. The largest absolute Gasteiger partial charge is 0.451 e. The molecular formula is C17H10ClN3O3S2. The van der Waals surface area contributed by atoms with Crippen LogP contribution in [0, 0.1) is 0 Å². The first-order valence-electron chi connectivity index (χ1n) is 7.45. The van der Waals surface area contributed by atoms with Crippen LogP contribution in [0.1, 0.15) is 16.4 Å². The second kappa shape index (κ2) is 7.36. The Kier molecular flexibility index (Phi) is 4.79. The molecule has 0 N–H and O–H groups in total. The molecule has 0 bridgehead atoms. The van der Waals surface area contributed by atoms with Gasteiger partial charge >= 0.3 is 5.97 Å². The number of benzene rings is 1. The van der Waals surface area contributed by atoms with Crippen LogP contribution in [0.25, 0.3) is 21.3 Å². The topological polar surface area (TPSA) is 78.1 Å². The fraction of sp³-hybridized carbons (Fsp3) is 0.0588. The number of aromatic nitrogens is 3. The van der Waals surface area contributed by atoms with Crippen LogP contribution in [0.15, 0.2) is 51.7 Å². The minimum Gasteiger partial charge on any atom is -0.451 e. The van der Waals surface area contributed by atoms with Gasteiger partial charge in [-0.05, 0) is 23.6 Å². The van der Waals surface area contributed by atoms with Gasteiger partial charge in [-0.1, -0.05) is 35.0 Å². The van der Waals surface area contributed by atoms with E-state index in [-0.39, 0.29) is 18.2 Å². The summed E-state index contributed by atoms with van der Waals surface area (Å²) < 4.78 is 10.3. The summed E-state index contributed by atoms with van der Waals surface area (Å²) in [6, 6.07) is 11.0. The first-order chi connectivity index (χ1) is 12.7. The fourth-order valence-corrected chi connectivity index (χ4v) is 3.97. The average molecular weight is 404 g/mol. The van der Waals surface area contributed by atoms with Crippen LogP contribution in [0.2, 0.25) is 5.02 Å². The van der Waals surface area contributed by atoms with E-state index in [0.717, 1.165) is 9.88 Å². The van der Waals surface area contributed by atoms with E-state index in [0.29, 0.717) is 16.4 Å². The van der Waals surface area contributed by atoms with Crippen molar-refractivity contribution in [2.24, 2.45) is 0 Å². The van der Waals surface area contributed by atoms with Gasteiger partial charge in [0.1, 0.15) is 5.01 Å². The normalized spacial score (nSPS) is 10.8. The monoisotopic (exact) mass is 403 g/mol. The number of carbonyl (C=O) groups is 1. The number of hydrogen-bond acceptors (Lipinski definition) is 8. The quantitative estimate of drug-likeness (QED) is 0.439. The maximum atomic E-state index is 12.1. The molecule has 6 nitrogen and oxygen atoms in total. The third-order valence-corrected chi connectivity index (χ3v) is 5.57. The number of hydrogen-bond donors (Lipinski definition) is 0. The van der Waals surface area contributed by atoms with Crippen molar-refractivity contribution in [2.45, 2.75) is 6.61 Å². The Labute approximate surface area is 161 Å². The SMILES string of the molecule is O=C(OCc1nc(-c2ccccc2Cl)no1)c1csc(-c2cccs2)n1. The molecule has 0 amide bonds. The highest BCUT2D eigenvalue weighted by molar-refractivity contribution is 7.20. The lowest BCUT2D eigenvalue weighted by atomic mass is 10.2. The van der Waals surface area contributed by atoms with Crippen LogP contribution in [0.5, 0.6) is 0 Å². The molecule has 0 aliphatic heterocycles. The Morgan fingerprint density at radius 3 is 2.85 bits per heavy atom. The summed E-state index contributed by atoms with van der Waals surface area (Å²) in [5.41, 5.74) is 0.903. The van der Waals surface area contributed by atoms with Gasteiger partial charge in [0.25, 0.3) is 5.89 Å². The van der Waals surface area contributed by atoms with Crippen molar-refractivity contribution in [1.29, 1.82) is 0 Å². The Balaban J connectivity index is 1.42. The Bertz CT molecular complexity index is 1040. The molecule has 1 aromatic carbocycles. The van der Waals surface area contributed by atoms with Crippen molar-refractivity contribution in [1.82, 2.24) is 15.1 Å². The minimum atomic E-state index is -0.540. The summed E-state index contributed by atoms with van der Waals surface area (Å²) in [6.45, 7) is -0.137. The molecule has 4 rings (SSSR count). The van der Waals surface area contributed by atoms with Crippen LogP contribution >= 0.6 is 34.3 Å². The van der Waals surface area contributed by atoms with Gasteiger partial charge < -0.3 is 9.26 Å². The number of rotatable bonds is 5. The van der Waals surface area contributed by atoms with Gasteiger partial charge in [-0.3, -0.25) is 0 Å². The standard InChI is InChI=1S/C17H10ClN3O3S2/c18-11-5-2-1-4-10(11)15-20-14(24-21-15)8-23-17(22)12-9-26-16(19-12)13-6-3-7-25-13/h1-7,9H,8H2. The van der Waals surface area contributed by atoms with Crippen molar-refractivity contribution in [2.75, 3.05) is 0 Å². The smallest absolute Gasteiger partial charge is 0.358 e. The van der Waals surface area contributed by atoms with Gasteiger partial charge in [0.05, 0.1) is 9.90 Å². The van der Waals surface area contributed by atoms with E-state index in [2.05, 4.69) is 15.1 Å². The van der Waals surface area contributed by atoms with Crippen molar-refractivity contribution in [3.8, 4) is 21.3 Å². The predicted molar refractivity (Wildman–Crippen MR) is 99.3 cm³/mol. The third kappa shape index (κ3) is 3.52. The zero-order valence-corrected chi connectivity index (χ0v) is 15.5. The van der Waals surface area contributed by atoms with Crippen LogP contribution in [-0.4, -0.2) is 21.1 Å². The Morgan fingerprint density at radius 2 is 2.04 bits per heavy atom. The van der Waals surface area contributed by atoms with Crippen molar-refractivity contribution in [3.63, 3.8) is 0 Å². The third-order valence-electron chi connectivity index (χ3n) is 3.35. The number of halogens is 1. The van der Waals surface area contributed by atoms with Crippen LogP contribution in [0.3, 0.4) is 0 Å². The maximum absolute atomic E-state index is 12.1. The molecule has 3 heterocycles. The van der Waals surface area contributed by atoms with Crippen molar-refractivity contribution >= 4 is 40.2 Å². The molecule has 130 valence electrons. The molecule has 0 saturated carbocycles. The lowest BCUT2D eigenvalue weighted by molar-refractivity contribution is 0.0424. The van der Waals surface area contributed by atoms with Crippen LogP contribution in [0.4, 0.5) is 0 Å². The number of thiazole rings is 1. The summed E-state index contributed by atoms with van der Waals surface area (Å²) in [5.74, 6) is -0.0150. The van der Waals surface area contributed by atoms with Crippen molar-refractivity contribution < 1.29 is 14.1 Å². The van der Waals surface area contributed by atoms with Gasteiger partial charge in [-0.2, -0.15) is 4.98 Å². The zero-order chi connectivity index (χ0) is 17.9. The summed E-state index contributed by atoms with van der Waals surface area (Å²) in [7, 11) is 0. The van der Waals surface area contributed by atoms with E-state index < -0.39 is 5.97 Å². The average Bonchev–Trinajstić information content (AvgIpc) is 3.40. The molecular weight excluding hydrogens is 394 g/mol. The van der Waals surface area contributed by atoms with E-state index in [1.165, 1.54) is 11.3 Å². The van der Waals surface area contributed by atoms with E-state index in [9.17, 15) is 4.79 Å². The lowest BCUT2D eigenvalue weighted by Crippen LogP contribution is -2.05. The molecule has 0 aliphatic rings. The number of thiophene rings is 1. The Hall–Kier alpha value is -2.55. The second-order valence-corrected chi connectivity index (χ2v) is 7.30.